The second-order valence-electron chi connectivity index (χ2n) is 6.24. The molecule has 2 aromatic carbocycles. The summed E-state index contributed by atoms with van der Waals surface area (Å²) in [7, 11) is 0. The molecule has 25 heavy (non-hydrogen) atoms. The Morgan fingerprint density at radius 3 is 2.64 bits per heavy atom. The lowest BCUT2D eigenvalue weighted by Crippen LogP contribution is -2.39. The highest BCUT2D eigenvalue weighted by atomic mass is 35.5. The molecule has 0 spiro atoms. The lowest BCUT2D eigenvalue weighted by atomic mass is 10.0. The molecular formula is C20H23ClN2O2. The van der Waals surface area contributed by atoms with Crippen LogP contribution < -0.4 is 5.32 Å². The Bertz CT molecular complexity index is 691. The van der Waals surface area contributed by atoms with Crippen LogP contribution in [0.2, 0.25) is 0 Å². The van der Waals surface area contributed by atoms with Crippen molar-refractivity contribution >= 4 is 23.2 Å². The van der Waals surface area contributed by atoms with Gasteiger partial charge < -0.3 is 10.1 Å². The first-order chi connectivity index (χ1) is 12.2. The predicted octanol–water partition coefficient (Wildman–Crippen LogP) is 4.00. The molecule has 1 fully saturated rings. The molecule has 1 saturated heterocycles. The summed E-state index contributed by atoms with van der Waals surface area (Å²) in [5.74, 6) is -0.244. The molecule has 0 saturated carbocycles. The molecule has 132 valence electrons. The van der Waals surface area contributed by atoms with Crippen molar-refractivity contribution in [3.63, 3.8) is 0 Å². The molecule has 4 nitrogen and oxygen atoms in total. The number of hydrogen-bond acceptors (Lipinski definition) is 3. The molecule has 1 N–H and O–H groups in total. The van der Waals surface area contributed by atoms with Crippen molar-refractivity contribution in [2.24, 2.45) is 0 Å². The van der Waals surface area contributed by atoms with Gasteiger partial charge in [-0.15, -0.1) is 11.6 Å². The first-order valence-corrected chi connectivity index (χ1v) is 9.07. The monoisotopic (exact) mass is 358 g/mol. The number of nitrogens with zero attached hydrogens (tertiary/aromatic N) is 1. The van der Waals surface area contributed by atoms with Gasteiger partial charge in [-0.1, -0.05) is 42.5 Å². The maximum Gasteiger partial charge on any atom is 0.239 e. The third-order valence-electron chi connectivity index (χ3n) is 4.62. The van der Waals surface area contributed by atoms with Crippen molar-refractivity contribution in [2.75, 3.05) is 30.9 Å². The van der Waals surface area contributed by atoms with E-state index >= 15 is 0 Å². The van der Waals surface area contributed by atoms with Crippen LogP contribution >= 0.6 is 11.6 Å². The van der Waals surface area contributed by atoms with Gasteiger partial charge in [-0.3, -0.25) is 9.69 Å². The fourth-order valence-electron chi connectivity index (χ4n) is 3.14. The van der Waals surface area contributed by atoms with Crippen LogP contribution in [-0.4, -0.2) is 36.4 Å². The number of morpholine rings is 1. The Balaban J connectivity index is 1.66. The van der Waals surface area contributed by atoms with Gasteiger partial charge in [0.2, 0.25) is 5.91 Å². The van der Waals surface area contributed by atoms with Crippen LogP contribution in [0.3, 0.4) is 0 Å². The SMILES string of the molecule is CC(c1ccccc1)N1CCO[C@@H](c2ccc(NC(=O)CCl)cc2)C1. The Kier molecular flexibility index (Phi) is 6.08. The first kappa shape index (κ1) is 17.9. The van der Waals surface area contributed by atoms with E-state index in [1.807, 2.05) is 30.3 Å². The zero-order valence-electron chi connectivity index (χ0n) is 14.3. The minimum absolute atomic E-state index is 0.0395. The van der Waals surface area contributed by atoms with Gasteiger partial charge in [0.05, 0.1) is 12.7 Å². The van der Waals surface area contributed by atoms with E-state index in [4.69, 9.17) is 16.3 Å². The molecule has 0 aliphatic carbocycles. The highest BCUT2D eigenvalue weighted by molar-refractivity contribution is 6.29. The first-order valence-electron chi connectivity index (χ1n) is 8.53. The Morgan fingerprint density at radius 1 is 1.24 bits per heavy atom. The summed E-state index contributed by atoms with van der Waals surface area (Å²) in [5.41, 5.74) is 3.19. The molecule has 1 unspecified atom stereocenters. The number of hydrogen-bond donors (Lipinski definition) is 1. The number of rotatable bonds is 5. The largest absolute Gasteiger partial charge is 0.371 e. The second-order valence-corrected chi connectivity index (χ2v) is 6.51. The summed E-state index contributed by atoms with van der Waals surface area (Å²) in [6, 6.07) is 18.7. The summed E-state index contributed by atoms with van der Waals surface area (Å²) in [4.78, 5) is 13.8. The van der Waals surface area contributed by atoms with Crippen LogP contribution in [0, 0.1) is 0 Å². The van der Waals surface area contributed by atoms with E-state index in [1.54, 1.807) is 0 Å². The van der Waals surface area contributed by atoms with E-state index in [0.717, 1.165) is 24.3 Å². The molecule has 2 aromatic rings. The number of anilines is 1. The smallest absolute Gasteiger partial charge is 0.239 e. The van der Waals surface area contributed by atoms with Crippen LogP contribution in [0.4, 0.5) is 5.69 Å². The topological polar surface area (TPSA) is 41.6 Å². The van der Waals surface area contributed by atoms with E-state index in [1.165, 1.54) is 5.56 Å². The van der Waals surface area contributed by atoms with Gasteiger partial charge in [0.1, 0.15) is 5.88 Å². The number of carbonyl (C=O) groups is 1. The Hall–Kier alpha value is -1.88. The van der Waals surface area contributed by atoms with Crippen LogP contribution in [0.1, 0.15) is 30.2 Å². The summed E-state index contributed by atoms with van der Waals surface area (Å²) >= 11 is 5.51. The van der Waals surface area contributed by atoms with Gasteiger partial charge in [-0.05, 0) is 30.2 Å². The summed E-state index contributed by atoms with van der Waals surface area (Å²) < 4.78 is 5.97. The molecule has 5 heteroatoms. The van der Waals surface area contributed by atoms with Gasteiger partial charge in [-0.2, -0.15) is 0 Å². The van der Waals surface area contributed by atoms with E-state index in [2.05, 4.69) is 41.4 Å². The average Bonchev–Trinajstić information content (AvgIpc) is 2.68. The molecule has 1 amide bonds. The number of benzene rings is 2. The maximum atomic E-state index is 11.3. The average molecular weight is 359 g/mol. The Morgan fingerprint density at radius 2 is 1.96 bits per heavy atom. The van der Waals surface area contributed by atoms with E-state index < -0.39 is 0 Å². The molecule has 2 atom stereocenters. The lowest BCUT2D eigenvalue weighted by Gasteiger charge is -2.37. The molecule has 1 aliphatic rings. The van der Waals surface area contributed by atoms with Crippen molar-refractivity contribution in [3.05, 3.63) is 65.7 Å². The van der Waals surface area contributed by atoms with E-state index in [-0.39, 0.29) is 17.9 Å². The maximum absolute atomic E-state index is 11.3. The van der Waals surface area contributed by atoms with Gasteiger partial charge >= 0.3 is 0 Å². The van der Waals surface area contributed by atoms with Crippen molar-refractivity contribution in [1.29, 1.82) is 0 Å². The van der Waals surface area contributed by atoms with Gasteiger partial charge in [0.15, 0.2) is 0 Å². The minimum atomic E-state index is -0.203. The molecule has 3 rings (SSSR count). The predicted molar refractivity (Wildman–Crippen MR) is 101 cm³/mol. The van der Waals surface area contributed by atoms with Crippen molar-refractivity contribution in [2.45, 2.75) is 19.1 Å². The van der Waals surface area contributed by atoms with Gasteiger partial charge in [-0.25, -0.2) is 0 Å². The number of ether oxygens (including phenoxy) is 1. The zero-order chi connectivity index (χ0) is 17.6. The number of alkyl halides is 1. The fraction of sp³-hybridized carbons (Fsp3) is 0.350. The second kappa shape index (κ2) is 8.48. The molecule has 1 aliphatic heterocycles. The molecular weight excluding hydrogens is 336 g/mol. The zero-order valence-corrected chi connectivity index (χ0v) is 15.1. The van der Waals surface area contributed by atoms with E-state index in [0.29, 0.717) is 12.6 Å². The number of amides is 1. The minimum Gasteiger partial charge on any atom is -0.371 e. The van der Waals surface area contributed by atoms with Crippen LogP contribution in [-0.2, 0) is 9.53 Å². The third-order valence-corrected chi connectivity index (χ3v) is 4.86. The van der Waals surface area contributed by atoms with Crippen LogP contribution in [0.15, 0.2) is 54.6 Å². The number of halogens is 1. The van der Waals surface area contributed by atoms with Gasteiger partial charge in [0, 0.05) is 24.8 Å². The highest BCUT2D eigenvalue weighted by Crippen LogP contribution is 2.29. The molecule has 1 heterocycles. The van der Waals surface area contributed by atoms with Crippen molar-refractivity contribution in [3.8, 4) is 0 Å². The summed E-state index contributed by atoms with van der Waals surface area (Å²) in [6.07, 6.45) is 0.0395. The van der Waals surface area contributed by atoms with Crippen molar-refractivity contribution < 1.29 is 9.53 Å². The van der Waals surface area contributed by atoms with Crippen LogP contribution in [0.25, 0.3) is 0 Å². The van der Waals surface area contributed by atoms with Crippen LogP contribution in [0.5, 0.6) is 0 Å². The van der Waals surface area contributed by atoms with Crippen molar-refractivity contribution in [1.82, 2.24) is 4.90 Å². The molecule has 0 aromatic heterocycles. The normalized spacial score (nSPS) is 19.4. The standard InChI is InChI=1S/C20H23ClN2O2/c1-15(16-5-3-2-4-6-16)23-11-12-25-19(14-23)17-7-9-18(10-8-17)22-20(24)13-21/h2-10,15,19H,11-14H2,1H3,(H,22,24)/t15?,19-/m1/s1. The summed E-state index contributed by atoms with van der Waals surface area (Å²) in [5, 5.41) is 2.75. The highest BCUT2D eigenvalue weighted by Gasteiger charge is 2.25. The quantitative estimate of drug-likeness (QED) is 0.821. The number of nitrogens with one attached hydrogen (secondary N) is 1. The van der Waals surface area contributed by atoms with Gasteiger partial charge in [0.25, 0.3) is 0 Å². The third kappa shape index (κ3) is 4.60. The van der Waals surface area contributed by atoms with E-state index in [9.17, 15) is 4.79 Å². The molecule has 0 radical (unpaired) electrons. The summed E-state index contributed by atoms with van der Waals surface area (Å²) in [6.45, 7) is 4.73. The number of carbonyl (C=O) groups excluding carboxylic acids is 1. The lowest BCUT2D eigenvalue weighted by molar-refractivity contribution is -0.113. The fourth-order valence-corrected chi connectivity index (χ4v) is 3.21. The molecule has 0 bridgehead atoms. The Labute approximate surface area is 153 Å².